The second-order valence-corrected chi connectivity index (χ2v) is 11.9. The van der Waals surface area contributed by atoms with Gasteiger partial charge in [0.05, 0.1) is 10.6 Å². The molecule has 5 rings (SSSR count). The van der Waals surface area contributed by atoms with Crippen molar-refractivity contribution in [1.82, 2.24) is 19.8 Å². The fourth-order valence-corrected chi connectivity index (χ4v) is 6.80. The van der Waals surface area contributed by atoms with E-state index in [0.29, 0.717) is 48.8 Å². The Kier molecular flexibility index (Phi) is 8.96. The molecule has 0 aliphatic carbocycles. The number of thioether (sulfide) groups is 1. The molecule has 2 aliphatic heterocycles. The van der Waals surface area contributed by atoms with E-state index in [4.69, 9.17) is 4.98 Å². The monoisotopic (exact) mass is 575 g/mol. The number of thiazole rings is 1. The minimum Gasteiger partial charge on any atom is -0.368 e. The van der Waals surface area contributed by atoms with E-state index in [-0.39, 0.29) is 23.5 Å². The molecule has 0 atom stereocenters. The third-order valence-corrected chi connectivity index (χ3v) is 9.43. The first kappa shape index (κ1) is 28.0. The Labute approximate surface area is 243 Å². The highest BCUT2D eigenvalue weighted by molar-refractivity contribution is 7.99. The predicted octanol–water partition coefficient (Wildman–Crippen LogP) is 5.00. The molecule has 0 bridgehead atoms. The van der Waals surface area contributed by atoms with Crippen molar-refractivity contribution in [3.63, 3.8) is 0 Å². The van der Waals surface area contributed by atoms with E-state index in [1.165, 1.54) is 11.8 Å². The first-order chi connectivity index (χ1) is 19.4. The number of pyridine rings is 1. The number of amides is 2. The number of Topliss-reactive ketones (excluding diaryl/α,β-unsaturated/α-hetero) is 1. The van der Waals surface area contributed by atoms with Gasteiger partial charge in [-0.2, -0.15) is 0 Å². The SMILES string of the molecule is C=CCSc1ncccc1C(=O)N1CCC(c2nc(C(=O)N3CCN(c4ccc(C(C)=O)cc4)CC3)cs2)CC1. The maximum atomic E-state index is 13.2. The molecule has 10 heteroatoms. The number of piperidine rings is 1. The van der Waals surface area contributed by atoms with E-state index >= 15 is 0 Å². The van der Waals surface area contributed by atoms with Crippen molar-refractivity contribution in [2.75, 3.05) is 49.9 Å². The van der Waals surface area contributed by atoms with Crippen LogP contribution in [0, 0.1) is 0 Å². The van der Waals surface area contributed by atoms with Gasteiger partial charge in [0.15, 0.2) is 5.78 Å². The van der Waals surface area contributed by atoms with Crippen LogP contribution in [0.15, 0.2) is 65.7 Å². The molecule has 0 saturated carbocycles. The van der Waals surface area contributed by atoms with Crippen LogP contribution < -0.4 is 4.90 Å². The molecular formula is C30H33N5O3S2. The van der Waals surface area contributed by atoms with Crippen molar-refractivity contribution in [1.29, 1.82) is 0 Å². The number of hydrogen-bond donors (Lipinski definition) is 0. The summed E-state index contributed by atoms with van der Waals surface area (Å²) in [5, 5.41) is 3.59. The van der Waals surface area contributed by atoms with E-state index in [9.17, 15) is 14.4 Å². The number of benzene rings is 1. The largest absolute Gasteiger partial charge is 0.368 e. The summed E-state index contributed by atoms with van der Waals surface area (Å²) in [5.41, 5.74) is 2.92. The third-order valence-electron chi connectivity index (χ3n) is 7.42. The maximum absolute atomic E-state index is 13.2. The van der Waals surface area contributed by atoms with Crippen LogP contribution in [0.1, 0.15) is 61.9 Å². The Morgan fingerprint density at radius 2 is 1.70 bits per heavy atom. The van der Waals surface area contributed by atoms with Gasteiger partial charge in [-0.25, -0.2) is 9.97 Å². The highest BCUT2D eigenvalue weighted by Crippen LogP contribution is 2.32. The van der Waals surface area contributed by atoms with Crippen LogP contribution in [-0.4, -0.2) is 82.4 Å². The number of nitrogens with zero attached hydrogens (tertiary/aromatic N) is 5. The predicted molar refractivity (Wildman–Crippen MR) is 160 cm³/mol. The number of likely N-dealkylation sites (tertiary alicyclic amines) is 1. The van der Waals surface area contributed by atoms with Crippen molar-refractivity contribution in [2.24, 2.45) is 0 Å². The lowest BCUT2D eigenvalue weighted by atomic mass is 9.97. The third kappa shape index (κ3) is 6.28. The number of ketones is 1. The van der Waals surface area contributed by atoms with Crippen molar-refractivity contribution in [2.45, 2.75) is 30.7 Å². The summed E-state index contributed by atoms with van der Waals surface area (Å²) in [6, 6.07) is 11.3. The second kappa shape index (κ2) is 12.8. The molecule has 40 heavy (non-hydrogen) atoms. The highest BCUT2D eigenvalue weighted by atomic mass is 32.2. The molecule has 0 unspecified atom stereocenters. The molecule has 2 saturated heterocycles. The molecule has 208 valence electrons. The zero-order valence-corrected chi connectivity index (χ0v) is 24.3. The molecule has 2 fully saturated rings. The van der Waals surface area contributed by atoms with Gasteiger partial charge in [0, 0.05) is 73.8 Å². The van der Waals surface area contributed by atoms with E-state index in [2.05, 4.69) is 16.5 Å². The van der Waals surface area contributed by atoms with Crippen LogP contribution in [-0.2, 0) is 0 Å². The van der Waals surface area contributed by atoms with Crippen LogP contribution in [0.3, 0.4) is 0 Å². The lowest BCUT2D eigenvalue weighted by Crippen LogP contribution is -2.48. The van der Waals surface area contributed by atoms with Gasteiger partial charge in [-0.05, 0) is 56.2 Å². The van der Waals surface area contributed by atoms with Gasteiger partial charge in [-0.3, -0.25) is 14.4 Å². The minimum atomic E-state index is -0.0252. The smallest absolute Gasteiger partial charge is 0.273 e. The van der Waals surface area contributed by atoms with Crippen LogP contribution in [0.4, 0.5) is 5.69 Å². The van der Waals surface area contributed by atoms with Crippen molar-refractivity contribution in [3.05, 3.63) is 82.5 Å². The van der Waals surface area contributed by atoms with Crippen molar-refractivity contribution < 1.29 is 14.4 Å². The van der Waals surface area contributed by atoms with Gasteiger partial charge in [-0.15, -0.1) is 29.7 Å². The Bertz CT molecular complexity index is 1370. The summed E-state index contributed by atoms with van der Waals surface area (Å²) >= 11 is 3.06. The number of hydrogen-bond acceptors (Lipinski definition) is 8. The summed E-state index contributed by atoms with van der Waals surface area (Å²) < 4.78 is 0. The number of aromatic nitrogens is 2. The number of anilines is 1. The van der Waals surface area contributed by atoms with Gasteiger partial charge in [0.2, 0.25) is 0 Å². The van der Waals surface area contributed by atoms with Crippen LogP contribution in [0.2, 0.25) is 0 Å². The van der Waals surface area contributed by atoms with Crippen molar-refractivity contribution >= 4 is 46.4 Å². The molecule has 2 aromatic heterocycles. The molecule has 0 N–H and O–H groups in total. The summed E-state index contributed by atoms with van der Waals surface area (Å²) in [6.07, 6.45) is 5.17. The zero-order chi connectivity index (χ0) is 28.1. The molecular weight excluding hydrogens is 542 g/mol. The quantitative estimate of drug-likeness (QED) is 0.212. The van der Waals surface area contributed by atoms with Gasteiger partial charge in [-0.1, -0.05) is 6.08 Å². The molecule has 8 nitrogen and oxygen atoms in total. The van der Waals surface area contributed by atoms with Gasteiger partial charge < -0.3 is 14.7 Å². The fourth-order valence-electron chi connectivity index (χ4n) is 5.12. The number of piperazine rings is 1. The van der Waals surface area contributed by atoms with E-state index in [1.54, 1.807) is 30.5 Å². The first-order valence-corrected chi connectivity index (χ1v) is 15.4. The molecule has 0 spiro atoms. The average Bonchev–Trinajstić information content (AvgIpc) is 3.50. The minimum absolute atomic E-state index is 0.0158. The van der Waals surface area contributed by atoms with E-state index < -0.39 is 0 Å². The standard InChI is InChI=1S/C30H33N5O3S2/c1-3-19-39-28-25(5-4-12-31-28)29(37)34-13-10-23(11-14-34)27-32-26(20-40-27)30(38)35-17-15-33(16-18-35)24-8-6-22(7-9-24)21(2)36/h3-9,12,20,23H,1,10-11,13-19H2,2H3. The fraction of sp³-hybridized carbons (Fsp3) is 0.367. The lowest BCUT2D eigenvalue weighted by molar-refractivity contribution is 0.0708. The van der Waals surface area contributed by atoms with Gasteiger partial charge >= 0.3 is 0 Å². The Hall–Kier alpha value is -3.50. The van der Waals surface area contributed by atoms with E-state index in [0.717, 1.165) is 41.7 Å². The van der Waals surface area contributed by atoms with Crippen molar-refractivity contribution in [3.8, 4) is 0 Å². The van der Waals surface area contributed by atoms with Crippen LogP contribution in [0.25, 0.3) is 0 Å². The second-order valence-electron chi connectivity index (χ2n) is 9.98. The molecule has 1 aromatic carbocycles. The molecule has 0 radical (unpaired) electrons. The first-order valence-electron chi connectivity index (χ1n) is 13.5. The van der Waals surface area contributed by atoms with Crippen LogP contribution in [0.5, 0.6) is 0 Å². The number of carbonyl (C=O) groups excluding carboxylic acids is 3. The zero-order valence-electron chi connectivity index (χ0n) is 22.6. The molecule has 3 aromatic rings. The average molecular weight is 576 g/mol. The number of rotatable bonds is 8. The normalized spacial score (nSPS) is 16.2. The summed E-state index contributed by atoms with van der Waals surface area (Å²) in [6.45, 7) is 9.36. The summed E-state index contributed by atoms with van der Waals surface area (Å²) in [7, 11) is 0. The molecule has 2 aliphatic rings. The Morgan fingerprint density at radius 3 is 2.38 bits per heavy atom. The van der Waals surface area contributed by atoms with Gasteiger partial charge in [0.1, 0.15) is 10.7 Å². The number of carbonyl (C=O) groups is 3. The highest BCUT2D eigenvalue weighted by Gasteiger charge is 2.29. The van der Waals surface area contributed by atoms with Crippen LogP contribution >= 0.6 is 23.1 Å². The molecule has 4 heterocycles. The summed E-state index contributed by atoms with van der Waals surface area (Å²) in [5.74, 6) is 0.996. The van der Waals surface area contributed by atoms with Gasteiger partial charge in [0.25, 0.3) is 11.8 Å². The topological polar surface area (TPSA) is 86.7 Å². The Balaban J connectivity index is 1.13. The van der Waals surface area contributed by atoms with E-state index in [1.807, 2.05) is 51.6 Å². The molecule has 2 amide bonds. The summed E-state index contributed by atoms with van der Waals surface area (Å²) in [4.78, 5) is 53.1. The maximum Gasteiger partial charge on any atom is 0.273 e. The Morgan fingerprint density at radius 1 is 1.00 bits per heavy atom. The lowest BCUT2D eigenvalue weighted by Gasteiger charge is -2.36.